The fraction of sp³-hybridized carbons (Fsp3) is 0.389. The number of Topliss-reactive ketones (excluding diaryl/α,β-unsaturated/α-hetero) is 1. The normalized spacial score (nSPS) is 16.0. The zero-order chi connectivity index (χ0) is 18.0. The quantitative estimate of drug-likeness (QED) is 0.471. The average molecular weight is 377 g/mol. The van der Waals surface area contributed by atoms with Crippen LogP contribution in [0.2, 0.25) is 0 Å². The summed E-state index contributed by atoms with van der Waals surface area (Å²) in [6.07, 6.45) is 2.84. The third kappa shape index (κ3) is 3.82. The Morgan fingerprint density at radius 2 is 2.24 bits per heavy atom. The van der Waals surface area contributed by atoms with Gasteiger partial charge in [-0.1, -0.05) is 19.9 Å². The molecule has 7 heteroatoms. The van der Waals surface area contributed by atoms with E-state index in [0.717, 1.165) is 10.4 Å². The van der Waals surface area contributed by atoms with E-state index < -0.39 is 0 Å². The molecular formula is C18H20N2O3S2. The zero-order valence-electron chi connectivity index (χ0n) is 14.4. The summed E-state index contributed by atoms with van der Waals surface area (Å²) in [6.45, 7) is 6.17. The van der Waals surface area contributed by atoms with Gasteiger partial charge in [-0.05, 0) is 35.8 Å². The van der Waals surface area contributed by atoms with Gasteiger partial charge in [-0.25, -0.2) is 4.79 Å². The number of ketones is 1. The number of hydrazone groups is 1. The highest BCUT2D eigenvalue weighted by Gasteiger charge is 2.37. The molecule has 132 valence electrons. The number of anilines is 1. The van der Waals surface area contributed by atoms with E-state index in [0.29, 0.717) is 34.9 Å². The van der Waals surface area contributed by atoms with E-state index in [1.807, 2.05) is 31.4 Å². The molecular weight excluding hydrogens is 356 g/mol. The van der Waals surface area contributed by atoms with Crippen LogP contribution in [0.1, 0.15) is 57.7 Å². The van der Waals surface area contributed by atoms with E-state index in [-0.39, 0.29) is 17.2 Å². The maximum atomic E-state index is 12.7. The van der Waals surface area contributed by atoms with Crippen LogP contribution in [0.15, 0.2) is 22.6 Å². The van der Waals surface area contributed by atoms with Crippen LogP contribution >= 0.6 is 22.7 Å². The van der Waals surface area contributed by atoms with Gasteiger partial charge in [0.2, 0.25) is 0 Å². The van der Waals surface area contributed by atoms with Crippen molar-refractivity contribution in [3.05, 3.63) is 38.4 Å². The highest BCUT2D eigenvalue weighted by Crippen LogP contribution is 2.44. The molecule has 25 heavy (non-hydrogen) atoms. The topological polar surface area (TPSA) is 67.8 Å². The van der Waals surface area contributed by atoms with Crippen LogP contribution in [0, 0.1) is 5.41 Å². The van der Waals surface area contributed by atoms with Crippen LogP contribution in [-0.2, 0) is 11.2 Å². The number of nitrogens with zero attached hydrogens (tertiary/aromatic N) is 1. The van der Waals surface area contributed by atoms with Crippen molar-refractivity contribution in [2.45, 2.75) is 33.6 Å². The number of ether oxygens (including phenoxy) is 1. The Morgan fingerprint density at radius 1 is 1.44 bits per heavy atom. The van der Waals surface area contributed by atoms with Gasteiger partial charge in [-0.3, -0.25) is 10.2 Å². The van der Waals surface area contributed by atoms with E-state index in [1.54, 1.807) is 24.5 Å². The van der Waals surface area contributed by atoms with Gasteiger partial charge in [0.15, 0.2) is 5.78 Å². The minimum Gasteiger partial charge on any atom is -0.462 e. The van der Waals surface area contributed by atoms with E-state index in [2.05, 4.69) is 10.5 Å². The molecule has 2 aromatic heterocycles. The lowest BCUT2D eigenvalue weighted by molar-refractivity contribution is 0.0530. The molecule has 0 amide bonds. The Kier molecular flexibility index (Phi) is 5.06. The Bertz CT molecular complexity index is 820. The maximum absolute atomic E-state index is 12.7. The molecule has 0 fully saturated rings. The lowest BCUT2D eigenvalue weighted by Crippen LogP contribution is -2.27. The molecule has 0 saturated heterocycles. The number of thiophene rings is 2. The van der Waals surface area contributed by atoms with Crippen LogP contribution in [0.4, 0.5) is 5.00 Å². The molecule has 0 radical (unpaired) electrons. The summed E-state index contributed by atoms with van der Waals surface area (Å²) in [5.74, 6) is -0.323. The highest BCUT2D eigenvalue weighted by molar-refractivity contribution is 7.18. The number of esters is 1. The van der Waals surface area contributed by atoms with Gasteiger partial charge in [0, 0.05) is 11.3 Å². The van der Waals surface area contributed by atoms with Crippen LogP contribution in [-0.4, -0.2) is 24.6 Å². The molecule has 1 N–H and O–H groups in total. The largest absolute Gasteiger partial charge is 0.462 e. The first-order valence-corrected chi connectivity index (χ1v) is 9.79. The summed E-state index contributed by atoms with van der Waals surface area (Å²) in [6, 6.07) is 3.90. The SMILES string of the molecule is CCOC(=O)c1sc(N/N=C/c2cccs2)c2c1CC(C)(C)CC2=O. The minimum absolute atomic E-state index is 0.0480. The van der Waals surface area contributed by atoms with E-state index in [9.17, 15) is 9.59 Å². The van der Waals surface area contributed by atoms with Gasteiger partial charge in [-0.15, -0.1) is 22.7 Å². The van der Waals surface area contributed by atoms with Gasteiger partial charge in [0.05, 0.1) is 18.4 Å². The number of rotatable bonds is 5. The van der Waals surface area contributed by atoms with Crippen LogP contribution in [0.5, 0.6) is 0 Å². The summed E-state index contributed by atoms with van der Waals surface area (Å²) in [5.41, 5.74) is 4.17. The summed E-state index contributed by atoms with van der Waals surface area (Å²) in [7, 11) is 0. The highest BCUT2D eigenvalue weighted by atomic mass is 32.1. The second-order valence-corrected chi connectivity index (χ2v) is 8.66. The molecule has 0 bridgehead atoms. The van der Waals surface area contributed by atoms with Gasteiger partial charge in [0.1, 0.15) is 9.88 Å². The van der Waals surface area contributed by atoms with Gasteiger partial charge in [0.25, 0.3) is 0 Å². The van der Waals surface area contributed by atoms with Crippen LogP contribution in [0.3, 0.4) is 0 Å². The molecule has 0 aromatic carbocycles. The summed E-state index contributed by atoms with van der Waals surface area (Å²) >= 11 is 2.83. The standard InChI is InChI=1S/C18H20N2O3S2/c1-4-23-17(22)15-12-8-18(2,3)9-13(21)14(12)16(25-15)20-19-10-11-6-5-7-24-11/h5-7,10,20H,4,8-9H2,1-3H3/b19-10+. The van der Waals surface area contributed by atoms with Crippen molar-refractivity contribution in [2.24, 2.45) is 10.5 Å². The maximum Gasteiger partial charge on any atom is 0.348 e. The number of hydrogen-bond acceptors (Lipinski definition) is 7. The molecule has 2 aromatic rings. The van der Waals surface area contributed by atoms with E-state index in [1.165, 1.54) is 11.3 Å². The van der Waals surface area contributed by atoms with Crippen molar-refractivity contribution in [1.82, 2.24) is 0 Å². The first-order valence-electron chi connectivity index (χ1n) is 8.10. The lowest BCUT2D eigenvalue weighted by atomic mass is 9.74. The Hall–Kier alpha value is -1.99. The molecule has 1 aliphatic carbocycles. The predicted octanol–water partition coefficient (Wildman–Crippen LogP) is 4.59. The fourth-order valence-corrected chi connectivity index (χ4v) is 4.62. The van der Waals surface area contributed by atoms with Crippen molar-refractivity contribution in [3.63, 3.8) is 0 Å². The van der Waals surface area contributed by atoms with E-state index >= 15 is 0 Å². The smallest absolute Gasteiger partial charge is 0.348 e. The number of carbonyl (C=O) groups is 2. The van der Waals surface area contributed by atoms with Crippen LogP contribution in [0.25, 0.3) is 0 Å². The number of hydrogen-bond donors (Lipinski definition) is 1. The van der Waals surface area contributed by atoms with Crippen molar-refractivity contribution in [2.75, 3.05) is 12.0 Å². The lowest BCUT2D eigenvalue weighted by Gasteiger charge is -2.29. The molecule has 0 unspecified atom stereocenters. The molecule has 0 saturated carbocycles. The second-order valence-electron chi connectivity index (χ2n) is 6.66. The molecule has 0 aliphatic heterocycles. The summed E-state index contributed by atoms with van der Waals surface area (Å²) in [5, 5.41) is 6.81. The number of nitrogens with one attached hydrogen (secondary N) is 1. The number of fused-ring (bicyclic) bond motifs is 1. The van der Waals surface area contributed by atoms with Gasteiger partial charge < -0.3 is 4.74 Å². The van der Waals surface area contributed by atoms with Crippen molar-refractivity contribution in [1.29, 1.82) is 0 Å². The average Bonchev–Trinajstić information content (AvgIpc) is 3.14. The Balaban J connectivity index is 1.95. The fourth-order valence-electron chi connectivity index (χ4n) is 2.95. The molecule has 0 spiro atoms. The first kappa shape index (κ1) is 17.8. The monoisotopic (exact) mass is 376 g/mol. The van der Waals surface area contributed by atoms with Crippen molar-refractivity contribution < 1.29 is 14.3 Å². The van der Waals surface area contributed by atoms with Gasteiger partial charge >= 0.3 is 5.97 Å². The minimum atomic E-state index is -0.371. The zero-order valence-corrected chi connectivity index (χ0v) is 16.1. The van der Waals surface area contributed by atoms with Gasteiger partial charge in [-0.2, -0.15) is 5.10 Å². The first-order chi connectivity index (χ1) is 11.9. The molecule has 3 rings (SSSR count). The number of carbonyl (C=O) groups excluding carboxylic acids is 2. The Morgan fingerprint density at radius 3 is 2.92 bits per heavy atom. The van der Waals surface area contributed by atoms with Crippen molar-refractivity contribution >= 4 is 45.6 Å². The van der Waals surface area contributed by atoms with E-state index in [4.69, 9.17) is 4.74 Å². The molecule has 2 heterocycles. The van der Waals surface area contributed by atoms with Crippen molar-refractivity contribution in [3.8, 4) is 0 Å². The summed E-state index contributed by atoms with van der Waals surface area (Å²) in [4.78, 5) is 26.5. The molecule has 1 aliphatic rings. The summed E-state index contributed by atoms with van der Waals surface area (Å²) < 4.78 is 5.17. The third-order valence-electron chi connectivity index (χ3n) is 3.94. The Labute approximate surface area is 154 Å². The third-order valence-corrected chi connectivity index (χ3v) is 5.87. The molecule has 0 atom stereocenters. The second kappa shape index (κ2) is 7.09. The molecule has 5 nitrogen and oxygen atoms in total. The predicted molar refractivity (Wildman–Crippen MR) is 102 cm³/mol. The van der Waals surface area contributed by atoms with Crippen LogP contribution < -0.4 is 5.43 Å².